The normalized spacial score (nSPS) is 13.7. The van der Waals surface area contributed by atoms with E-state index < -0.39 is 0 Å². The Morgan fingerprint density at radius 2 is 1.19 bits per heavy atom. The first kappa shape index (κ1) is 14.5. The van der Waals surface area contributed by atoms with Crippen molar-refractivity contribution in [3.05, 3.63) is 57.1 Å². The Balaban J connectivity index is 2.09. The summed E-state index contributed by atoms with van der Waals surface area (Å²) in [5.74, 6) is 2.10. The number of aryl methyl sites for hydroxylation is 4. The fourth-order valence-corrected chi connectivity index (χ4v) is 3.73. The third-order valence-corrected chi connectivity index (χ3v) is 4.58. The predicted octanol–water partition coefficient (Wildman–Crippen LogP) is 4.35. The monoisotopic (exact) mass is 346 g/mol. The fraction of sp³-hybridized carbons (Fsp3) is 0.333. The Kier molecular flexibility index (Phi) is 4.20. The van der Waals surface area contributed by atoms with Crippen molar-refractivity contribution in [2.45, 2.75) is 25.7 Å². The molecule has 0 saturated carbocycles. The Morgan fingerprint density at radius 1 is 0.762 bits per heavy atom. The lowest BCUT2D eigenvalue weighted by molar-refractivity contribution is 0.396. The van der Waals surface area contributed by atoms with Crippen LogP contribution < -0.4 is 9.47 Å². The van der Waals surface area contributed by atoms with E-state index in [1.807, 2.05) is 0 Å². The molecule has 1 aliphatic carbocycles. The second-order valence-electron chi connectivity index (χ2n) is 5.37. The molecule has 0 radical (unpaired) electrons. The summed E-state index contributed by atoms with van der Waals surface area (Å²) in [5.41, 5.74) is 5.08. The zero-order valence-corrected chi connectivity index (χ0v) is 14.0. The van der Waals surface area contributed by atoms with Crippen LogP contribution in [0, 0.1) is 0 Å². The van der Waals surface area contributed by atoms with Gasteiger partial charge in [0.05, 0.1) is 14.2 Å². The van der Waals surface area contributed by atoms with Gasteiger partial charge in [-0.2, -0.15) is 0 Å². The van der Waals surface area contributed by atoms with Crippen LogP contribution in [0.2, 0.25) is 0 Å². The number of fused-ring (bicyclic) bond motifs is 4. The van der Waals surface area contributed by atoms with Crippen LogP contribution in [0.25, 0.3) is 0 Å². The molecule has 0 aliphatic heterocycles. The minimum Gasteiger partial charge on any atom is -0.496 e. The molecule has 0 amide bonds. The van der Waals surface area contributed by atoms with Crippen molar-refractivity contribution in [3.63, 3.8) is 0 Å². The quantitative estimate of drug-likeness (QED) is 0.804. The Labute approximate surface area is 134 Å². The van der Waals surface area contributed by atoms with Gasteiger partial charge in [-0.25, -0.2) is 0 Å². The van der Waals surface area contributed by atoms with Crippen molar-refractivity contribution in [2.24, 2.45) is 0 Å². The molecule has 110 valence electrons. The van der Waals surface area contributed by atoms with Gasteiger partial charge in [0.1, 0.15) is 11.5 Å². The Hall–Kier alpha value is -1.48. The smallest absolute Gasteiger partial charge is 0.125 e. The molecule has 4 bridgehead atoms. The summed E-state index contributed by atoms with van der Waals surface area (Å²) in [6.45, 7) is 0. The number of halogens is 1. The number of para-hydroxylation sites is 1. The minimum absolute atomic E-state index is 0.954. The highest BCUT2D eigenvalue weighted by Gasteiger charge is 2.17. The summed E-state index contributed by atoms with van der Waals surface area (Å²) in [7, 11) is 3.53. The highest BCUT2D eigenvalue weighted by atomic mass is 79.9. The fourth-order valence-electron chi connectivity index (χ4n) is 3.18. The summed E-state index contributed by atoms with van der Waals surface area (Å²) < 4.78 is 12.5. The number of rotatable bonds is 2. The van der Waals surface area contributed by atoms with Crippen LogP contribution in [0.3, 0.4) is 0 Å². The first-order valence-electron chi connectivity index (χ1n) is 7.23. The number of benzene rings is 2. The van der Waals surface area contributed by atoms with E-state index >= 15 is 0 Å². The molecule has 0 fully saturated rings. The Bertz CT molecular complexity index is 617. The SMILES string of the molecule is COc1c2cccc1CCc1cc(Br)cc(c1OC)CC2. The van der Waals surface area contributed by atoms with Crippen molar-refractivity contribution in [1.29, 1.82) is 0 Å². The average Bonchev–Trinajstić information content (AvgIpc) is 2.49. The van der Waals surface area contributed by atoms with Gasteiger partial charge in [0.2, 0.25) is 0 Å². The van der Waals surface area contributed by atoms with Crippen LogP contribution in [0.1, 0.15) is 22.3 Å². The second-order valence-corrected chi connectivity index (χ2v) is 6.28. The lowest BCUT2D eigenvalue weighted by Crippen LogP contribution is -2.06. The first-order chi connectivity index (χ1) is 10.2. The topological polar surface area (TPSA) is 18.5 Å². The van der Waals surface area contributed by atoms with Crippen molar-refractivity contribution in [2.75, 3.05) is 14.2 Å². The number of hydrogen-bond donors (Lipinski definition) is 0. The molecule has 0 heterocycles. The lowest BCUT2D eigenvalue weighted by Gasteiger charge is -2.19. The zero-order chi connectivity index (χ0) is 14.8. The maximum absolute atomic E-state index is 5.67. The molecular weight excluding hydrogens is 328 g/mol. The summed E-state index contributed by atoms with van der Waals surface area (Å²) in [6, 6.07) is 10.8. The summed E-state index contributed by atoms with van der Waals surface area (Å²) >= 11 is 3.62. The maximum atomic E-state index is 5.67. The van der Waals surface area contributed by atoms with E-state index in [1.165, 1.54) is 22.3 Å². The van der Waals surface area contributed by atoms with E-state index in [4.69, 9.17) is 9.47 Å². The van der Waals surface area contributed by atoms with Crippen LogP contribution in [0.15, 0.2) is 34.8 Å². The highest BCUT2D eigenvalue weighted by Crippen LogP contribution is 2.34. The molecule has 0 aromatic heterocycles. The van der Waals surface area contributed by atoms with Gasteiger partial charge < -0.3 is 9.47 Å². The molecule has 2 aromatic carbocycles. The summed E-state index contributed by atoms with van der Waals surface area (Å²) in [6.07, 6.45) is 3.83. The molecule has 0 N–H and O–H groups in total. The van der Waals surface area contributed by atoms with Crippen LogP contribution >= 0.6 is 15.9 Å². The number of ether oxygens (including phenoxy) is 2. The molecule has 0 atom stereocenters. The van der Waals surface area contributed by atoms with Crippen molar-refractivity contribution < 1.29 is 9.47 Å². The number of hydrogen-bond acceptors (Lipinski definition) is 2. The number of methoxy groups -OCH3 is 2. The first-order valence-corrected chi connectivity index (χ1v) is 8.02. The minimum atomic E-state index is 0.954. The summed E-state index contributed by atoms with van der Waals surface area (Å²) in [5, 5.41) is 0. The predicted molar refractivity (Wildman–Crippen MR) is 88.5 cm³/mol. The lowest BCUT2D eigenvalue weighted by atomic mass is 9.93. The van der Waals surface area contributed by atoms with Crippen LogP contribution in [0.4, 0.5) is 0 Å². The van der Waals surface area contributed by atoms with Crippen molar-refractivity contribution >= 4 is 15.9 Å². The molecule has 2 aromatic rings. The van der Waals surface area contributed by atoms with Gasteiger partial charge in [0.15, 0.2) is 0 Å². The van der Waals surface area contributed by atoms with Gasteiger partial charge in [-0.15, -0.1) is 0 Å². The van der Waals surface area contributed by atoms with Crippen LogP contribution in [0.5, 0.6) is 11.5 Å². The Morgan fingerprint density at radius 3 is 1.67 bits per heavy atom. The average molecular weight is 347 g/mol. The molecular formula is C18H19BrO2. The van der Waals surface area contributed by atoms with Gasteiger partial charge in [-0.3, -0.25) is 0 Å². The molecule has 3 rings (SSSR count). The largest absolute Gasteiger partial charge is 0.496 e. The molecule has 0 unspecified atom stereocenters. The van der Waals surface area contributed by atoms with Gasteiger partial charge >= 0.3 is 0 Å². The van der Waals surface area contributed by atoms with Crippen molar-refractivity contribution in [1.82, 2.24) is 0 Å². The van der Waals surface area contributed by atoms with E-state index in [9.17, 15) is 0 Å². The third kappa shape index (κ3) is 2.80. The third-order valence-electron chi connectivity index (χ3n) is 4.12. The summed E-state index contributed by atoms with van der Waals surface area (Å²) in [4.78, 5) is 0. The van der Waals surface area contributed by atoms with E-state index in [0.29, 0.717) is 0 Å². The second kappa shape index (κ2) is 6.10. The van der Waals surface area contributed by atoms with Crippen LogP contribution in [-0.4, -0.2) is 14.2 Å². The van der Waals surface area contributed by atoms with E-state index in [0.717, 1.165) is 41.7 Å². The molecule has 0 spiro atoms. The van der Waals surface area contributed by atoms with Gasteiger partial charge in [0.25, 0.3) is 0 Å². The molecule has 1 aliphatic rings. The van der Waals surface area contributed by atoms with E-state index in [1.54, 1.807) is 14.2 Å². The van der Waals surface area contributed by atoms with Crippen LogP contribution in [-0.2, 0) is 25.7 Å². The molecule has 21 heavy (non-hydrogen) atoms. The van der Waals surface area contributed by atoms with Crippen molar-refractivity contribution in [3.8, 4) is 11.5 Å². The van der Waals surface area contributed by atoms with Gasteiger partial charge in [-0.1, -0.05) is 34.1 Å². The van der Waals surface area contributed by atoms with Gasteiger partial charge in [0, 0.05) is 4.47 Å². The molecule has 2 nitrogen and oxygen atoms in total. The van der Waals surface area contributed by atoms with E-state index in [2.05, 4.69) is 46.3 Å². The molecule has 0 saturated heterocycles. The van der Waals surface area contributed by atoms with Gasteiger partial charge in [-0.05, 0) is 60.1 Å². The van der Waals surface area contributed by atoms with E-state index in [-0.39, 0.29) is 0 Å². The maximum Gasteiger partial charge on any atom is 0.125 e. The molecule has 3 heteroatoms. The highest BCUT2D eigenvalue weighted by molar-refractivity contribution is 9.10. The standard InChI is InChI=1S/C18H19BrO2/c1-20-17-12-4-3-5-13(17)7-9-15-11-16(19)10-14(8-6-12)18(15)21-2/h3-5,10-11H,6-9H2,1-2H3. The zero-order valence-electron chi connectivity index (χ0n) is 12.4.